The zero-order valence-electron chi connectivity index (χ0n) is 11.0. The Labute approximate surface area is 122 Å². The summed E-state index contributed by atoms with van der Waals surface area (Å²) in [6.45, 7) is 3.08. The molecule has 1 unspecified atom stereocenters. The molecular weight excluding hydrogens is 302 g/mol. The van der Waals surface area contributed by atoms with E-state index in [1.54, 1.807) is 0 Å². The van der Waals surface area contributed by atoms with E-state index in [2.05, 4.69) is 50.3 Å². The maximum atomic E-state index is 4.43. The fourth-order valence-electron chi connectivity index (χ4n) is 2.06. The summed E-state index contributed by atoms with van der Waals surface area (Å²) in [5, 5.41) is 3.50. The van der Waals surface area contributed by atoms with Crippen molar-refractivity contribution in [3.8, 4) is 0 Å². The van der Waals surface area contributed by atoms with E-state index in [0.29, 0.717) is 6.04 Å². The molecule has 1 atom stereocenters. The zero-order chi connectivity index (χ0) is 13.5. The molecule has 0 saturated heterocycles. The molecule has 0 aliphatic carbocycles. The molecule has 19 heavy (non-hydrogen) atoms. The summed E-state index contributed by atoms with van der Waals surface area (Å²) in [7, 11) is 0. The number of rotatable bonds is 6. The normalized spacial score (nSPS) is 12.3. The van der Waals surface area contributed by atoms with Gasteiger partial charge in [-0.25, -0.2) is 0 Å². The minimum absolute atomic E-state index is 0.369. The minimum Gasteiger partial charge on any atom is -0.313 e. The summed E-state index contributed by atoms with van der Waals surface area (Å²) in [4.78, 5) is 8.82. The van der Waals surface area contributed by atoms with E-state index in [1.165, 1.54) is 0 Å². The molecule has 2 heterocycles. The molecule has 4 heteroatoms. The van der Waals surface area contributed by atoms with Gasteiger partial charge in [-0.15, -0.1) is 0 Å². The first-order valence-electron chi connectivity index (χ1n) is 6.51. The van der Waals surface area contributed by atoms with Gasteiger partial charge in [-0.05, 0) is 46.7 Å². The van der Waals surface area contributed by atoms with Crippen LogP contribution >= 0.6 is 15.9 Å². The van der Waals surface area contributed by atoms with Crippen molar-refractivity contribution in [3.63, 3.8) is 0 Å². The molecular formula is C15H18BrN3. The van der Waals surface area contributed by atoms with Gasteiger partial charge in [0.1, 0.15) is 0 Å². The molecule has 100 valence electrons. The maximum absolute atomic E-state index is 4.43. The number of pyridine rings is 2. The van der Waals surface area contributed by atoms with E-state index < -0.39 is 0 Å². The third-order valence-electron chi connectivity index (χ3n) is 2.92. The summed E-state index contributed by atoms with van der Waals surface area (Å²) in [6, 6.07) is 10.5. The van der Waals surface area contributed by atoms with Crippen LogP contribution in [0, 0.1) is 0 Å². The molecule has 1 N–H and O–H groups in total. The lowest BCUT2D eigenvalue weighted by Crippen LogP contribution is -2.33. The molecule has 0 aliphatic rings. The van der Waals surface area contributed by atoms with Gasteiger partial charge < -0.3 is 5.32 Å². The molecule has 0 bridgehead atoms. The summed E-state index contributed by atoms with van der Waals surface area (Å²) in [6.07, 6.45) is 5.53. The molecule has 0 spiro atoms. The number of hydrogen-bond acceptors (Lipinski definition) is 3. The molecule has 0 fully saturated rings. The van der Waals surface area contributed by atoms with Crippen LogP contribution in [0.1, 0.15) is 18.3 Å². The second-order valence-corrected chi connectivity index (χ2v) is 5.37. The van der Waals surface area contributed by atoms with Crippen LogP contribution in [0.15, 0.2) is 47.2 Å². The molecule has 0 radical (unpaired) electrons. The summed E-state index contributed by atoms with van der Waals surface area (Å²) in [5.74, 6) is 0. The molecule has 0 saturated carbocycles. The smallest absolute Gasteiger partial charge is 0.0420 e. The SMILES string of the molecule is CCNC(Cc1ccccn1)Cc1ccc(Br)cn1. The molecule has 2 rings (SSSR count). The highest BCUT2D eigenvalue weighted by Crippen LogP contribution is 2.10. The minimum atomic E-state index is 0.369. The lowest BCUT2D eigenvalue weighted by molar-refractivity contribution is 0.512. The van der Waals surface area contributed by atoms with Gasteiger partial charge in [0, 0.05) is 47.1 Å². The largest absolute Gasteiger partial charge is 0.313 e. The second-order valence-electron chi connectivity index (χ2n) is 4.45. The number of hydrogen-bond donors (Lipinski definition) is 1. The van der Waals surface area contributed by atoms with Crippen LogP contribution in [0.4, 0.5) is 0 Å². The Kier molecular flexibility index (Phi) is 5.48. The van der Waals surface area contributed by atoms with Crippen LogP contribution in [0.25, 0.3) is 0 Å². The number of nitrogens with zero attached hydrogens (tertiary/aromatic N) is 2. The summed E-state index contributed by atoms with van der Waals surface area (Å²) in [5.41, 5.74) is 2.22. The Hall–Kier alpha value is -1.26. The molecule has 2 aromatic heterocycles. The third-order valence-corrected chi connectivity index (χ3v) is 3.39. The zero-order valence-corrected chi connectivity index (χ0v) is 12.6. The monoisotopic (exact) mass is 319 g/mol. The van der Waals surface area contributed by atoms with E-state index in [-0.39, 0.29) is 0 Å². The van der Waals surface area contributed by atoms with Crippen molar-refractivity contribution < 1.29 is 0 Å². The van der Waals surface area contributed by atoms with Gasteiger partial charge in [0.2, 0.25) is 0 Å². The molecule has 3 nitrogen and oxygen atoms in total. The van der Waals surface area contributed by atoms with Crippen molar-refractivity contribution in [1.82, 2.24) is 15.3 Å². The topological polar surface area (TPSA) is 37.8 Å². The van der Waals surface area contributed by atoms with Crippen LogP contribution in [0.3, 0.4) is 0 Å². The van der Waals surface area contributed by atoms with Crippen LogP contribution in [0.5, 0.6) is 0 Å². The van der Waals surface area contributed by atoms with Gasteiger partial charge >= 0.3 is 0 Å². The summed E-state index contributed by atoms with van der Waals surface area (Å²) < 4.78 is 1.01. The first kappa shape index (κ1) is 14.2. The Balaban J connectivity index is 2.01. The fourth-order valence-corrected chi connectivity index (χ4v) is 2.29. The summed E-state index contributed by atoms with van der Waals surface area (Å²) >= 11 is 3.41. The van der Waals surface area contributed by atoms with Gasteiger partial charge in [0.15, 0.2) is 0 Å². The highest BCUT2D eigenvalue weighted by atomic mass is 79.9. The van der Waals surface area contributed by atoms with Crippen molar-refractivity contribution in [2.75, 3.05) is 6.54 Å². The van der Waals surface area contributed by atoms with Gasteiger partial charge in [-0.1, -0.05) is 13.0 Å². The van der Waals surface area contributed by atoms with Crippen LogP contribution in [-0.4, -0.2) is 22.6 Å². The van der Waals surface area contributed by atoms with E-state index in [4.69, 9.17) is 0 Å². The van der Waals surface area contributed by atoms with Crippen molar-refractivity contribution in [1.29, 1.82) is 0 Å². The van der Waals surface area contributed by atoms with Gasteiger partial charge in [-0.2, -0.15) is 0 Å². The van der Waals surface area contributed by atoms with Crippen LogP contribution in [0.2, 0.25) is 0 Å². The number of nitrogens with one attached hydrogen (secondary N) is 1. The lowest BCUT2D eigenvalue weighted by Gasteiger charge is -2.17. The van der Waals surface area contributed by atoms with Crippen molar-refractivity contribution in [3.05, 3.63) is 58.6 Å². The quantitative estimate of drug-likeness (QED) is 0.889. The Morgan fingerprint density at radius 1 is 1.11 bits per heavy atom. The molecule has 2 aromatic rings. The third kappa shape index (κ3) is 4.73. The Morgan fingerprint density at radius 3 is 2.47 bits per heavy atom. The van der Waals surface area contributed by atoms with E-state index in [9.17, 15) is 0 Å². The van der Waals surface area contributed by atoms with Gasteiger partial charge in [-0.3, -0.25) is 9.97 Å². The first-order valence-corrected chi connectivity index (χ1v) is 7.31. The number of likely N-dealkylation sites (N-methyl/N-ethyl adjacent to an activating group) is 1. The highest BCUT2D eigenvalue weighted by molar-refractivity contribution is 9.10. The predicted octanol–water partition coefficient (Wildman–Crippen LogP) is 3.00. The van der Waals surface area contributed by atoms with E-state index >= 15 is 0 Å². The standard InChI is InChI=1S/C15H18BrN3/c1-2-17-15(9-13-5-3-4-8-18-13)10-14-7-6-12(16)11-19-14/h3-8,11,15,17H,2,9-10H2,1H3. The van der Waals surface area contributed by atoms with E-state index in [1.807, 2.05) is 30.6 Å². The van der Waals surface area contributed by atoms with Crippen LogP contribution in [-0.2, 0) is 12.8 Å². The lowest BCUT2D eigenvalue weighted by atomic mass is 10.0. The second kappa shape index (κ2) is 7.36. The van der Waals surface area contributed by atoms with Crippen molar-refractivity contribution in [2.24, 2.45) is 0 Å². The van der Waals surface area contributed by atoms with Crippen molar-refractivity contribution >= 4 is 15.9 Å². The molecule has 0 amide bonds. The number of halogens is 1. The fraction of sp³-hybridized carbons (Fsp3) is 0.333. The average molecular weight is 320 g/mol. The van der Waals surface area contributed by atoms with Crippen LogP contribution < -0.4 is 5.32 Å². The maximum Gasteiger partial charge on any atom is 0.0420 e. The van der Waals surface area contributed by atoms with Gasteiger partial charge in [0.05, 0.1) is 0 Å². The Morgan fingerprint density at radius 2 is 1.89 bits per heavy atom. The first-order chi connectivity index (χ1) is 9.28. The Bertz CT molecular complexity index is 485. The van der Waals surface area contributed by atoms with Crippen molar-refractivity contribution in [2.45, 2.75) is 25.8 Å². The molecule has 0 aliphatic heterocycles. The van der Waals surface area contributed by atoms with Gasteiger partial charge in [0.25, 0.3) is 0 Å². The number of aromatic nitrogens is 2. The average Bonchev–Trinajstić information content (AvgIpc) is 2.43. The molecule has 0 aromatic carbocycles. The van der Waals surface area contributed by atoms with E-state index in [0.717, 1.165) is 35.2 Å². The highest BCUT2D eigenvalue weighted by Gasteiger charge is 2.10. The predicted molar refractivity (Wildman–Crippen MR) is 81.0 cm³/mol.